The maximum absolute atomic E-state index is 13.3. The molecule has 3 rings (SSSR count). The van der Waals surface area contributed by atoms with Gasteiger partial charge in [0.25, 0.3) is 0 Å². The van der Waals surface area contributed by atoms with Crippen molar-refractivity contribution in [3.8, 4) is 0 Å². The molecule has 0 bridgehead atoms. The second-order valence-electron chi connectivity index (χ2n) is 5.21. The van der Waals surface area contributed by atoms with E-state index >= 15 is 0 Å². The molecular formula is C19H13ClFNO2S. The van der Waals surface area contributed by atoms with Crippen molar-refractivity contribution in [2.24, 2.45) is 0 Å². The fourth-order valence-corrected chi connectivity index (χ4v) is 3.37. The van der Waals surface area contributed by atoms with Gasteiger partial charge in [-0.2, -0.15) is 0 Å². The maximum atomic E-state index is 13.3. The number of rotatable bonds is 5. The van der Waals surface area contributed by atoms with Gasteiger partial charge in [0.1, 0.15) is 16.8 Å². The predicted molar refractivity (Wildman–Crippen MR) is 97.8 cm³/mol. The summed E-state index contributed by atoms with van der Waals surface area (Å²) in [4.78, 5) is 13.0. The summed E-state index contributed by atoms with van der Waals surface area (Å²) in [6.07, 6.45) is 0. The molecule has 3 nitrogen and oxygen atoms in total. The Hall–Kier alpha value is -2.50. The minimum absolute atomic E-state index is 0.248. The zero-order chi connectivity index (χ0) is 17.8. The van der Waals surface area contributed by atoms with Crippen LogP contribution in [0.15, 0.2) is 77.7 Å². The van der Waals surface area contributed by atoms with E-state index in [-0.39, 0.29) is 10.7 Å². The van der Waals surface area contributed by atoms with Crippen LogP contribution in [0, 0.1) is 5.82 Å². The number of carbonyl (C=O) groups excluding carboxylic acids is 1. The zero-order valence-corrected chi connectivity index (χ0v) is 14.5. The first-order valence-electron chi connectivity index (χ1n) is 7.38. The fourth-order valence-electron chi connectivity index (χ4n) is 2.28. The lowest BCUT2D eigenvalue weighted by atomic mass is 10.0. The highest BCUT2D eigenvalue weighted by molar-refractivity contribution is 7.86. The molecule has 0 heterocycles. The molecular weight excluding hydrogens is 361 g/mol. The Morgan fingerprint density at radius 3 is 2.44 bits per heavy atom. The summed E-state index contributed by atoms with van der Waals surface area (Å²) >= 11 is 6.02. The van der Waals surface area contributed by atoms with E-state index in [0.29, 0.717) is 21.8 Å². The van der Waals surface area contributed by atoms with Crippen molar-refractivity contribution in [3.63, 3.8) is 0 Å². The van der Waals surface area contributed by atoms with Crippen LogP contribution in [-0.2, 0) is 11.0 Å². The Morgan fingerprint density at radius 1 is 0.960 bits per heavy atom. The van der Waals surface area contributed by atoms with E-state index in [1.165, 1.54) is 24.3 Å². The van der Waals surface area contributed by atoms with Gasteiger partial charge in [0.15, 0.2) is 5.78 Å². The summed E-state index contributed by atoms with van der Waals surface area (Å²) in [6, 6.07) is 18.9. The number of nitrogens with one attached hydrogen (secondary N) is 1. The van der Waals surface area contributed by atoms with E-state index < -0.39 is 16.8 Å². The van der Waals surface area contributed by atoms with Gasteiger partial charge in [0.2, 0.25) is 0 Å². The molecule has 0 spiro atoms. The summed E-state index contributed by atoms with van der Waals surface area (Å²) < 4.78 is 28.5. The largest absolute Gasteiger partial charge is 0.300 e. The van der Waals surface area contributed by atoms with Crippen LogP contribution in [-0.4, -0.2) is 9.99 Å². The fraction of sp³-hybridized carbons (Fsp3) is 0. The van der Waals surface area contributed by atoms with Gasteiger partial charge in [-0.05, 0) is 36.4 Å². The van der Waals surface area contributed by atoms with Gasteiger partial charge in [0, 0.05) is 16.1 Å². The molecule has 0 aliphatic carbocycles. The molecule has 0 aliphatic rings. The molecule has 3 aromatic carbocycles. The number of benzene rings is 3. The quantitative estimate of drug-likeness (QED) is 0.650. The van der Waals surface area contributed by atoms with Crippen LogP contribution in [0.3, 0.4) is 0 Å². The van der Waals surface area contributed by atoms with E-state index in [0.717, 1.165) is 0 Å². The third kappa shape index (κ3) is 4.13. The van der Waals surface area contributed by atoms with Crippen molar-refractivity contribution in [1.82, 2.24) is 0 Å². The molecule has 0 radical (unpaired) electrons. The highest BCUT2D eigenvalue weighted by Gasteiger charge is 2.16. The average molecular weight is 374 g/mol. The third-order valence-electron chi connectivity index (χ3n) is 3.48. The SMILES string of the molecule is O=C(c1ccccc1)c1cc(Cl)ccc1NS(=O)c1cccc(F)c1. The van der Waals surface area contributed by atoms with Gasteiger partial charge < -0.3 is 4.72 Å². The number of halogens is 2. The van der Waals surface area contributed by atoms with Crippen LogP contribution in [0.1, 0.15) is 15.9 Å². The van der Waals surface area contributed by atoms with Gasteiger partial charge in [-0.1, -0.05) is 48.0 Å². The van der Waals surface area contributed by atoms with Crippen LogP contribution >= 0.6 is 11.6 Å². The summed E-state index contributed by atoms with van der Waals surface area (Å²) in [5, 5.41) is 0.390. The monoisotopic (exact) mass is 373 g/mol. The number of carbonyl (C=O) groups is 1. The van der Waals surface area contributed by atoms with Gasteiger partial charge in [-0.15, -0.1) is 0 Å². The molecule has 6 heteroatoms. The molecule has 3 aromatic rings. The average Bonchev–Trinajstić information content (AvgIpc) is 2.63. The molecule has 0 saturated heterocycles. The predicted octanol–water partition coefficient (Wildman–Crippen LogP) is 4.84. The van der Waals surface area contributed by atoms with E-state index in [4.69, 9.17) is 11.6 Å². The summed E-state index contributed by atoms with van der Waals surface area (Å²) in [5.41, 5.74) is 1.15. The van der Waals surface area contributed by atoms with E-state index in [9.17, 15) is 13.4 Å². The van der Waals surface area contributed by atoms with Crippen molar-refractivity contribution >= 4 is 34.1 Å². The lowest BCUT2D eigenvalue weighted by molar-refractivity contribution is 0.103. The van der Waals surface area contributed by atoms with Gasteiger partial charge >= 0.3 is 0 Å². The van der Waals surface area contributed by atoms with Gasteiger partial charge in [0.05, 0.1) is 10.6 Å². The second-order valence-corrected chi connectivity index (χ2v) is 6.86. The Morgan fingerprint density at radius 2 is 1.72 bits per heavy atom. The topological polar surface area (TPSA) is 46.2 Å². The van der Waals surface area contributed by atoms with Crippen LogP contribution < -0.4 is 4.72 Å². The summed E-state index contributed by atoms with van der Waals surface area (Å²) in [7, 11) is -1.72. The lowest BCUT2D eigenvalue weighted by Crippen LogP contribution is -2.10. The number of ketones is 1. The highest BCUT2D eigenvalue weighted by atomic mass is 35.5. The first kappa shape index (κ1) is 17.3. The van der Waals surface area contributed by atoms with Crippen LogP contribution in [0.4, 0.5) is 10.1 Å². The first-order valence-corrected chi connectivity index (χ1v) is 8.90. The molecule has 25 heavy (non-hydrogen) atoms. The smallest absolute Gasteiger partial charge is 0.195 e. The van der Waals surface area contributed by atoms with Crippen LogP contribution in [0.2, 0.25) is 5.02 Å². The number of hydrogen-bond donors (Lipinski definition) is 1. The molecule has 0 amide bonds. The number of anilines is 1. The Balaban J connectivity index is 1.94. The van der Waals surface area contributed by atoms with Crippen molar-refractivity contribution in [2.45, 2.75) is 4.90 Å². The molecule has 126 valence electrons. The van der Waals surface area contributed by atoms with E-state index in [1.54, 1.807) is 42.5 Å². The Labute approximate surface area is 152 Å². The van der Waals surface area contributed by atoms with Crippen molar-refractivity contribution in [1.29, 1.82) is 0 Å². The molecule has 1 atom stereocenters. The zero-order valence-electron chi connectivity index (χ0n) is 12.9. The van der Waals surface area contributed by atoms with E-state index in [1.807, 2.05) is 6.07 Å². The lowest BCUT2D eigenvalue weighted by Gasteiger charge is -2.12. The molecule has 0 aromatic heterocycles. The normalized spacial score (nSPS) is 11.8. The summed E-state index contributed by atoms with van der Waals surface area (Å²) in [5.74, 6) is -0.730. The van der Waals surface area contributed by atoms with Crippen LogP contribution in [0.5, 0.6) is 0 Å². The maximum Gasteiger partial charge on any atom is 0.195 e. The first-order chi connectivity index (χ1) is 12.0. The van der Waals surface area contributed by atoms with Crippen LogP contribution in [0.25, 0.3) is 0 Å². The van der Waals surface area contributed by atoms with E-state index in [2.05, 4.69) is 4.72 Å². The molecule has 0 fully saturated rings. The van der Waals surface area contributed by atoms with Crippen molar-refractivity contribution in [3.05, 3.63) is 94.8 Å². The van der Waals surface area contributed by atoms with Crippen molar-refractivity contribution in [2.75, 3.05) is 4.72 Å². The second kappa shape index (κ2) is 7.59. The minimum atomic E-state index is -1.72. The molecule has 0 aliphatic heterocycles. The molecule has 1 unspecified atom stereocenters. The molecule has 0 saturated carbocycles. The third-order valence-corrected chi connectivity index (χ3v) is 4.80. The highest BCUT2D eigenvalue weighted by Crippen LogP contribution is 2.25. The van der Waals surface area contributed by atoms with Gasteiger partial charge in [-0.25, -0.2) is 8.60 Å². The Bertz CT molecular complexity index is 947. The summed E-state index contributed by atoms with van der Waals surface area (Å²) in [6.45, 7) is 0. The van der Waals surface area contributed by atoms with Crippen molar-refractivity contribution < 1.29 is 13.4 Å². The minimum Gasteiger partial charge on any atom is -0.300 e. The molecule has 1 N–H and O–H groups in total. The standard InChI is InChI=1S/C19H13ClFNO2S/c20-14-9-10-18(22-25(24)16-8-4-7-15(21)12-16)17(11-14)19(23)13-5-2-1-3-6-13/h1-12,22H. The number of hydrogen-bond acceptors (Lipinski definition) is 2. The Kier molecular flexibility index (Phi) is 5.26. The van der Waals surface area contributed by atoms with Gasteiger partial charge in [-0.3, -0.25) is 4.79 Å².